The second-order valence-electron chi connectivity index (χ2n) is 5.77. The summed E-state index contributed by atoms with van der Waals surface area (Å²) in [5.74, 6) is -0.241. The molecule has 1 unspecified atom stereocenters. The number of carbonyl (C=O) groups excluding carboxylic acids is 1. The van der Waals surface area contributed by atoms with Crippen LogP contribution in [0.2, 0.25) is 0 Å². The van der Waals surface area contributed by atoms with E-state index in [9.17, 15) is 13.2 Å². The molecule has 1 aromatic carbocycles. The van der Waals surface area contributed by atoms with Crippen molar-refractivity contribution in [1.29, 1.82) is 0 Å². The molecule has 0 fully saturated rings. The predicted octanol–water partition coefficient (Wildman–Crippen LogP) is 2.16. The highest BCUT2D eigenvalue weighted by atomic mass is 35.5. The standard InChI is InChI=1S/C17H23N3O3S2.ClH/c1-13(18)8-10-19-17(21)14-4-6-16(7-5-14)25(22,23)20-11-9-15-3-2-12-24-15;/h2-7,12-13,20H,8-11,18H2,1H3,(H,19,21);1H. The molecule has 1 aromatic heterocycles. The van der Waals surface area contributed by atoms with Crippen molar-refractivity contribution in [2.24, 2.45) is 5.73 Å². The van der Waals surface area contributed by atoms with Crippen LogP contribution in [0.15, 0.2) is 46.7 Å². The van der Waals surface area contributed by atoms with E-state index < -0.39 is 10.0 Å². The number of benzene rings is 1. The van der Waals surface area contributed by atoms with Gasteiger partial charge in [-0.25, -0.2) is 13.1 Å². The first-order chi connectivity index (χ1) is 11.9. The molecule has 26 heavy (non-hydrogen) atoms. The van der Waals surface area contributed by atoms with Crippen LogP contribution in [0.1, 0.15) is 28.6 Å². The molecule has 0 bridgehead atoms. The Morgan fingerprint density at radius 2 is 1.88 bits per heavy atom. The summed E-state index contributed by atoms with van der Waals surface area (Å²) in [7, 11) is -3.58. The first-order valence-corrected chi connectivity index (χ1v) is 10.4. The smallest absolute Gasteiger partial charge is 0.251 e. The van der Waals surface area contributed by atoms with Crippen LogP contribution in [0.4, 0.5) is 0 Å². The van der Waals surface area contributed by atoms with E-state index in [0.29, 0.717) is 31.5 Å². The summed E-state index contributed by atoms with van der Waals surface area (Å²) in [6, 6.07) is 9.82. The summed E-state index contributed by atoms with van der Waals surface area (Å²) in [5.41, 5.74) is 6.05. The van der Waals surface area contributed by atoms with Crippen molar-refractivity contribution in [2.75, 3.05) is 13.1 Å². The number of halogens is 1. The molecule has 4 N–H and O–H groups in total. The molecule has 0 aliphatic heterocycles. The number of rotatable bonds is 9. The molecule has 0 radical (unpaired) electrons. The maximum Gasteiger partial charge on any atom is 0.251 e. The summed E-state index contributed by atoms with van der Waals surface area (Å²) >= 11 is 1.60. The van der Waals surface area contributed by atoms with E-state index in [0.717, 1.165) is 4.88 Å². The third kappa shape index (κ3) is 7.05. The van der Waals surface area contributed by atoms with Crippen molar-refractivity contribution in [3.63, 3.8) is 0 Å². The van der Waals surface area contributed by atoms with Crippen molar-refractivity contribution >= 4 is 39.7 Å². The molecule has 2 aromatic rings. The number of sulfonamides is 1. The average Bonchev–Trinajstić information content (AvgIpc) is 3.08. The maximum atomic E-state index is 12.3. The van der Waals surface area contributed by atoms with E-state index >= 15 is 0 Å². The summed E-state index contributed by atoms with van der Waals surface area (Å²) < 4.78 is 27.1. The lowest BCUT2D eigenvalue weighted by Crippen LogP contribution is -2.29. The topological polar surface area (TPSA) is 101 Å². The van der Waals surface area contributed by atoms with Crippen LogP contribution < -0.4 is 15.8 Å². The zero-order chi connectivity index (χ0) is 18.3. The van der Waals surface area contributed by atoms with Crippen LogP contribution in [0.3, 0.4) is 0 Å². The SMILES string of the molecule is CC(N)CCNC(=O)c1ccc(S(=O)(=O)NCCc2cccs2)cc1.Cl. The number of nitrogens with one attached hydrogen (secondary N) is 2. The lowest BCUT2D eigenvalue weighted by atomic mass is 10.2. The Kier molecular flexibility index (Phi) is 9.24. The average molecular weight is 418 g/mol. The highest BCUT2D eigenvalue weighted by Gasteiger charge is 2.14. The van der Waals surface area contributed by atoms with Gasteiger partial charge in [0, 0.05) is 29.6 Å². The number of carbonyl (C=O) groups is 1. The molecule has 1 atom stereocenters. The number of hydrogen-bond acceptors (Lipinski definition) is 5. The van der Waals surface area contributed by atoms with Gasteiger partial charge in [-0.2, -0.15) is 0 Å². The Morgan fingerprint density at radius 3 is 2.46 bits per heavy atom. The third-order valence-electron chi connectivity index (χ3n) is 3.56. The molecule has 0 spiro atoms. The van der Waals surface area contributed by atoms with E-state index in [1.54, 1.807) is 11.3 Å². The Balaban J connectivity index is 0.00000338. The molecule has 0 aliphatic carbocycles. The first kappa shape index (κ1) is 22.6. The van der Waals surface area contributed by atoms with Gasteiger partial charge >= 0.3 is 0 Å². The largest absolute Gasteiger partial charge is 0.352 e. The minimum absolute atomic E-state index is 0. The lowest BCUT2D eigenvalue weighted by Gasteiger charge is -2.09. The number of nitrogens with two attached hydrogens (primary N) is 1. The molecule has 0 saturated heterocycles. The number of hydrogen-bond donors (Lipinski definition) is 3. The van der Waals surface area contributed by atoms with E-state index in [1.807, 2.05) is 24.4 Å². The fraction of sp³-hybridized carbons (Fsp3) is 0.353. The van der Waals surface area contributed by atoms with Gasteiger partial charge < -0.3 is 11.1 Å². The van der Waals surface area contributed by atoms with Gasteiger partial charge in [0.05, 0.1) is 4.90 Å². The Labute approximate surface area is 164 Å². The molecular formula is C17H24ClN3O3S2. The van der Waals surface area contributed by atoms with E-state index in [4.69, 9.17) is 5.73 Å². The van der Waals surface area contributed by atoms with Gasteiger partial charge in [0.1, 0.15) is 0 Å². The van der Waals surface area contributed by atoms with Crippen molar-refractivity contribution in [2.45, 2.75) is 30.7 Å². The summed E-state index contributed by atoms with van der Waals surface area (Å²) in [6.07, 6.45) is 1.34. The van der Waals surface area contributed by atoms with Crippen molar-refractivity contribution in [3.05, 3.63) is 52.2 Å². The van der Waals surface area contributed by atoms with Gasteiger partial charge in [-0.05, 0) is 55.5 Å². The van der Waals surface area contributed by atoms with Crippen molar-refractivity contribution in [1.82, 2.24) is 10.0 Å². The Morgan fingerprint density at radius 1 is 1.19 bits per heavy atom. The molecule has 0 aliphatic rings. The second-order valence-corrected chi connectivity index (χ2v) is 8.57. The van der Waals surface area contributed by atoms with Crippen molar-refractivity contribution in [3.8, 4) is 0 Å². The summed E-state index contributed by atoms with van der Waals surface area (Å²) in [5, 5.41) is 4.72. The van der Waals surface area contributed by atoms with E-state index in [2.05, 4.69) is 10.0 Å². The number of amides is 1. The van der Waals surface area contributed by atoms with Gasteiger partial charge in [0.15, 0.2) is 0 Å². The normalized spacial score (nSPS) is 12.2. The summed E-state index contributed by atoms with van der Waals surface area (Å²) in [6.45, 7) is 2.69. The zero-order valence-corrected chi connectivity index (χ0v) is 16.9. The minimum Gasteiger partial charge on any atom is -0.352 e. The third-order valence-corrected chi connectivity index (χ3v) is 5.97. The summed E-state index contributed by atoms with van der Waals surface area (Å²) in [4.78, 5) is 13.2. The fourth-order valence-corrected chi connectivity index (χ4v) is 3.89. The van der Waals surface area contributed by atoms with Crippen LogP contribution in [-0.4, -0.2) is 33.5 Å². The fourth-order valence-electron chi connectivity index (χ4n) is 2.15. The lowest BCUT2D eigenvalue weighted by molar-refractivity contribution is 0.0952. The maximum absolute atomic E-state index is 12.3. The highest BCUT2D eigenvalue weighted by Crippen LogP contribution is 2.12. The minimum atomic E-state index is -3.58. The van der Waals surface area contributed by atoms with Crippen LogP contribution in [0.5, 0.6) is 0 Å². The zero-order valence-electron chi connectivity index (χ0n) is 14.5. The van der Waals surface area contributed by atoms with Gasteiger partial charge in [0.25, 0.3) is 5.91 Å². The second kappa shape index (κ2) is 10.6. The molecule has 2 rings (SSSR count). The predicted molar refractivity (Wildman–Crippen MR) is 108 cm³/mol. The number of thiophene rings is 1. The van der Waals surface area contributed by atoms with Crippen molar-refractivity contribution < 1.29 is 13.2 Å². The van der Waals surface area contributed by atoms with Gasteiger partial charge in [0.2, 0.25) is 10.0 Å². The van der Waals surface area contributed by atoms with Crippen LogP contribution in [-0.2, 0) is 16.4 Å². The quantitative estimate of drug-likeness (QED) is 0.581. The van der Waals surface area contributed by atoms with Gasteiger partial charge in [-0.3, -0.25) is 4.79 Å². The molecule has 6 nitrogen and oxygen atoms in total. The Bertz CT molecular complexity index is 776. The van der Waals surface area contributed by atoms with Crippen LogP contribution >= 0.6 is 23.7 Å². The molecule has 0 saturated carbocycles. The van der Waals surface area contributed by atoms with Crippen LogP contribution in [0, 0.1) is 0 Å². The van der Waals surface area contributed by atoms with E-state index in [1.165, 1.54) is 24.3 Å². The van der Waals surface area contributed by atoms with Gasteiger partial charge in [-0.1, -0.05) is 6.07 Å². The molecule has 1 amide bonds. The van der Waals surface area contributed by atoms with E-state index in [-0.39, 0.29) is 29.3 Å². The molecule has 144 valence electrons. The first-order valence-electron chi connectivity index (χ1n) is 8.04. The highest BCUT2D eigenvalue weighted by molar-refractivity contribution is 7.89. The van der Waals surface area contributed by atoms with Gasteiger partial charge in [-0.15, -0.1) is 23.7 Å². The monoisotopic (exact) mass is 417 g/mol. The van der Waals surface area contributed by atoms with Crippen LogP contribution in [0.25, 0.3) is 0 Å². The molecule has 1 heterocycles. The molecule has 9 heteroatoms. The molecular weight excluding hydrogens is 394 g/mol. The Hall–Kier alpha value is -1.45.